The van der Waals surface area contributed by atoms with Crippen LogP contribution in [0.5, 0.6) is 0 Å². The molecule has 5 heteroatoms. The van der Waals surface area contributed by atoms with Gasteiger partial charge in [-0.05, 0) is 26.0 Å². The predicted molar refractivity (Wildman–Crippen MR) is 62.6 cm³/mol. The Kier molecular flexibility index (Phi) is 2.79. The zero-order valence-corrected chi connectivity index (χ0v) is 10.6. The van der Waals surface area contributed by atoms with Crippen molar-refractivity contribution in [2.24, 2.45) is 0 Å². The average Bonchev–Trinajstić information content (AvgIpc) is 2.84. The Morgan fingerprint density at radius 3 is 2.71 bits per heavy atom. The molecule has 0 spiro atoms. The molecule has 1 aromatic heterocycles. The molecule has 90 valence electrons. The van der Waals surface area contributed by atoms with Gasteiger partial charge in [-0.1, -0.05) is 0 Å². The second kappa shape index (κ2) is 4.00. The van der Waals surface area contributed by atoms with Crippen LogP contribution in [0.2, 0.25) is 0 Å². The molecule has 1 unspecified atom stereocenters. The Morgan fingerprint density at radius 2 is 2.18 bits per heavy atom. The largest absolute Gasteiger partial charge is 0.466 e. The fourth-order valence-corrected chi connectivity index (χ4v) is 2.58. The van der Waals surface area contributed by atoms with E-state index in [1.807, 2.05) is 19.1 Å². The smallest absolute Gasteiger partial charge is 0.373 e. The molecule has 0 bridgehead atoms. The highest BCUT2D eigenvalue weighted by atomic mass is 32.1. The molecule has 0 amide bonds. The number of rotatable bonds is 2. The summed E-state index contributed by atoms with van der Waals surface area (Å²) in [5.41, 5.74) is -1.09. The van der Waals surface area contributed by atoms with Gasteiger partial charge in [-0.15, -0.1) is 11.3 Å². The highest BCUT2D eigenvalue weighted by Crippen LogP contribution is 2.38. The number of ether oxygens (including phenoxy) is 2. The van der Waals surface area contributed by atoms with Crippen molar-refractivity contribution in [3.8, 4) is 0 Å². The van der Waals surface area contributed by atoms with E-state index in [4.69, 9.17) is 4.74 Å². The zero-order chi connectivity index (χ0) is 12.6. The third-order valence-corrected chi connectivity index (χ3v) is 3.85. The fourth-order valence-electron chi connectivity index (χ4n) is 1.62. The summed E-state index contributed by atoms with van der Waals surface area (Å²) >= 11 is 1.48. The van der Waals surface area contributed by atoms with Crippen LogP contribution < -0.4 is 0 Å². The molecule has 0 fully saturated rings. The van der Waals surface area contributed by atoms with Gasteiger partial charge in [0, 0.05) is 11.0 Å². The van der Waals surface area contributed by atoms with E-state index in [1.54, 1.807) is 6.92 Å². The molecular weight excluding hydrogens is 240 g/mol. The molecule has 0 radical (unpaired) electrons. The first-order valence-electron chi connectivity index (χ1n) is 5.08. The molecule has 1 aliphatic rings. The minimum atomic E-state index is -1.09. The molecule has 1 aliphatic heterocycles. The minimum absolute atomic E-state index is 0.0361. The summed E-state index contributed by atoms with van der Waals surface area (Å²) < 4.78 is 10.00. The molecular formula is C12H12O4S. The van der Waals surface area contributed by atoms with Gasteiger partial charge in [0.05, 0.1) is 12.0 Å². The van der Waals surface area contributed by atoms with Gasteiger partial charge < -0.3 is 9.47 Å². The second-order valence-electron chi connectivity index (χ2n) is 3.91. The van der Waals surface area contributed by atoms with Gasteiger partial charge in [0.25, 0.3) is 0 Å². The highest BCUT2D eigenvalue weighted by molar-refractivity contribution is 7.12. The van der Waals surface area contributed by atoms with Crippen molar-refractivity contribution in [2.75, 3.05) is 7.11 Å². The van der Waals surface area contributed by atoms with Crippen molar-refractivity contribution in [3.63, 3.8) is 0 Å². The number of methoxy groups -OCH3 is 1. The normalized spacial score (nSPS) is 23.2. The first kappa shape index (κ1) is 11.9. The zero-order valence-electron chi connectivity index (χ0n) is 9.77. The highest BCUT2D eigenvalue weighted by Gasteiger charge is 2.44. The van der Waals surface area contributed by atoms with Crippen molar-refractivity contribution in [1.29, 1.82) is 0 Å². The van der Waals surface area contributed by atoms with Crippen molar-refractivity contribution in [3.05, 3.63) is 33.7 Å². The molecule has 0 aromatic carbocycles. The number of ketones is 1. The Labute approximate surface area is 103 Å². The summed E-state index contributed by atoms with van der Waals surface area (Å²) in [6, 6.07) is 3.75. The van der Waals surface area contributed by atoms with Crippen LogP contribution in [0.25, 0.3) is 0 Å². The third kappa shape index (κ3) is 1.86. The molecule has 0 saturated carbocycles. The Balaban J connectivity index is 2.32. The molecule has 2 heterocycles. The van der Waals surface area contributed by atoms with E-state index in [0.29, 0.717) is 0 Å². The van der Waals surface area contributed by atoms with Gasteiger partial charge in [-0.25, -0.2) is 4.79 Å². The molecule has 1 atom stereocenters. The molecule has 0 saturated heterocycles. The lowest BCUT2D eigenvalue weighted by molar-refractivity contribution is -0.144. The molecule has 4 nitrogen and oxygen atoms in total. The second-order valence-corrected chi connectivity index (χ2v) is 5.20. The van der Waals surface area contributed by atoms with Crippen LogP contribution in [-0.2, 0) is 24.7 Å². The van der Waals surface area contributed by atoms with Crippen LogP contribution in [0.1, 0.15) is 16.7 Å². The average molecular weight is 252 g/mol. The number of hydrogen-bond donors (Lipinski definition) is 0. The Bertz CT molecular complexity index is 514. The van der Waals surface area contributed by atoms with E-state index in [2.05, 4.69) is 4.74 Å². The lowest BCUT2D eigenvalue weighted by atomic mass is 10.0. The van der Waals surface area contributed by atoms with Crippen LogP contribution in [0.15, 0.2) is 24.0 Å². The Hall–Kier alpha value is -1.62. The SMILES string of the molecule is COC(=O)C1=CC(=O)C(C)(c2ccc(C)s2)O1. The first-order chi connectivity index (χ1) is 7.97. The van der Waals surface area contributed by atoms with E-state index < -0.39 is 11.6 Å². The van der Waals surface area contributed by atoms with Crippen molar-refractivity contribution >= 4 is 23.1 Å². The summed E-state index contributed by atoms with van der Waals surface area (Å²) in [6.07, 6.45) is 1.20. The fraction of sp³-hybridized carbons (Fsp3) is 0.333. The predicted octanol–water partition coefficient (Wildman–Crippen LogP) is 1.93. The number of thiophene rings is 1. The van der Waals surface area contributed by atoms with Crippen LogP contribution in [0.4, 0.5) is 0 Å². The van der Waals surface area contributed by atoms with E-state index in [-0.39, 0.29) is 11.5 Å². The lowest BCUT2D eigenvalue weighted by Crippen LogP contribution is -2.29. The Morgan fingerprint density at radius 1 is 1.47 bits per heavy atom. The van der Waals surface area contributed by atoms with Crippen molar-refractivity contribution in [1.82, 2.24) is 0 Å². The van der Waals surface area contributed by atoms with E-state index in [0.717, 1.165) is 9.75 Å². The molecule has 0 N–H and O–H groups in total. The number of carbonyl (C=O) groups is 2. The van der Waals surface area contributed by atoms with E-state index in [9.17, 15) is 9.59 Å². The summed E-state index contributed by atoms with van der Waals surface area (Å²) in [7, 11) is 1.25. The van der Waals surface area contributed by atoms with Gasteiger partial charge in [-0.3, -0.25) is 4.79 Å². The topological polar surface area (TPSA) is 52.6 Å². The number of carbonyl (C=O) groups excluding carboxylic acids is 2. The third-order valence-electron chi connectivity index (χ3n) is 2.64. The van der Waals surface area contributed by atoms with Crippen LogP contribution in [0.3, 0.4) is 0 Å². The number of hydrogen-bond acceptors (Lipinski definition) is 5. The standard InChI is InChI=1S/C12H12O4S/c1-7-4-5-10(17-7)12(2)9(13)6-8(16-12)11(14)15-3/h4-6H,1-3H3. The monoisotopic (exact) mass is 252 g/mol. The van der Waals surface area contributed by atoms with Gasteiger partial charge in [-0.2, -0.15) is 0 Å². The van der Waals surface area contributed by atoms with Crippen LogP contribution in [-0.4, -0.2) is 18.9 Å². The van der Waals surface area contributed by atoms with E-state index in [1.165, 1.54) is 24.5 Å². The minimum Gasteiger partial charge on any atom is -0.466 e. The molecule has 0 aliphatic carbocycles. The van der Waals surface area contributed by atoms with E-state index >= 15 is 0 Å². The summed E-state index contributed by atoms with van der Waals surface area (Å²) in [6.45, 7) is 3.61. The maximum atomic E-state index is 11.9. The quantitative estimate of drug-likeness (QED) is 0.755. The summed E-state index contributed by atoms with van der Waals surface area (Å²) in [4.78, 5) is 25.1. The van der Waals surface area contributed by atoms with Gasteiger partial charge in [0.1, 0.15) is 0 Å². The molecule has 2 rings (SSSR count). The maximum Gasteiger partial charge on any atom is 0.373 e. The van der Waals surface area contributed by atoms with Gasteiger partial charge in [0.2, 0.25) is 17.1 Å². The first-order valence-corrected chi connectivity index (χ1v) is 5.89. The van der Waals surface area contributed by atoms with Crippen molar-refractivity contribution < 1.29 is 19.1 Å². The summed E-state index contributed by atoms with van der Waals surface area (Å²) in [5, 5.41) is 0. The number of aryl methyl sites for hydroxylation is 1. The maximum absolute atomic E-state index is 11.9. The molecule has 17 heavy (non-hydrogen) atoms. The molecule has 1 aromatic rings. The van der Waals surface area contributed by atoms with Crippen LogP contribution in [0, 0.1) is 6.92 Å². The van der Waals surface area contributed by atoms with Crippen molar-refractivity contribution in [2.45, 2.75) is 19.4 Å². The number of esters is 1. The van der Waals surface area contributed by atoms with Crippen LogP contribution >= 0.6 is 11.3 Å². The van der Waals surface area contributed by atoms with Gasteiger partial charge in [0.15, 0.2) is 0 Å². The van der Waals surface area contributed by atoms with Gasteiger partial charge >= 0.3 is 5.97 Å². The lowest BCUT2D eigenvalue weighted by Gasteiger charge is -2.21. The summed E-state index contributed by atoms with van der Waals surface area (Å²) in [5.74, 6) is -0.902.